The van der Waals surface area contributed by atoms with Gasteiger partial charge in [-0.3, -0.25) is 0 Å². The first-order valence-corrected chi connectivity index (χ1v) is 9.70. The Morgan fingerprint density at radius 1 is 1.19 bits per heavy atom. The van der Waals surface area contributed by atoms with Gasteiger partial charge >= 0.3 is 6.18 Å². The monoisotopic (exact) mass is 381 g/mol. The van der Waals surface area contributed by atoms with Crippen LogP contribution in [0, 0.1) is 10.8 Å². The van der Waals surface area contributed by atoms with Gasteiger partial charge in [-0.25, -0.2) is 9.97 Å². The summed E-state index contributed by atoms with van der Waals surface area (Å²) in [5.74, 6) is 0.217. The number of fused-ring (bicyclic) bond motifs is 2. The summed E-state index contributed by atoms with van der Waals surface area (Å²) in [7, 11) is 0. The van der Waals surface area contributed by atoms with Crippen molar-refractivity contribution in [2.75, 3.05) is 11.4 Å². The van der Waals surface area contributed by atoms with Gasteiger partial charge in [-0.1, -0.05) is 26.8 Å². The molecule has 0 N–H and O–H groups in total. The topological polar surface area (TPSA) is 29.0 Å². The van der Waals surface area contributed by atoms with E-state index in [0.29, 0.717) is 12.2 Å². The van der Waals surface area contributed by atoms with Gasteiger partial charge in [0.15, 0.2) is 5.69 Å². The fourth-order valence-electron chi connectivity index (χ4n) is 4.95. The highest BCUT2D eigenvalue weighted by Crippen LogP contribution is 2.53. The minimum absolute atomic E-state index is 0.104. The lowest BCUT2D eigenvalue weighted by Crippen LogP contribution is -2.35. The summed E-state index contributed by atoms with van der Waals surface area (Å²) in [5, 5.41) is 1.84. The van der Waals surface area contributed by atoms with Crippen molar-refractivity contribution in [3.63, 3.8) is 0 Å². The predicted molar refractivity (Wildman–Crippen MR) is 97.2 cm³/mol. The quantitative estimate of drug-likeness (QED) is 0.675. The first-order valence-electron chi connectivity index (χ1n) is 8.82. The molecule has 0 spiro atoms. The standard InChI is InChI=1S/C19H22F3N3S/c1-17(2)8-12-9-18(3,10-17)11-25(12)16-23-13(14-5-4-6-26-14)7-15(24-16)19(20,21)22/h4-7,12H,8-11H2,1-3H3. The first kappa shape index (κ1) is 17.8. The lowest BCUT2D eigenvalue weighted by atomic mass is 9.65. The maximum absolute atomic E-state index is 13.4. The molecule has 3 nitrogen and oxygen atoms in total. The van der Waals surface area contributed by atoms with E-state index in [-0.39, 0.29) is 22.8 Å². The molecule has 1 saturated heterocycles. The molecule has 0 amide bonds. The zero-order valence-corrected chi connectivity index (χ0v) is 15.9. The molecule has 26 heavy (non-hydrogen) atoms. The Kier molecular flexibility index (Phi) is 3.88. The molecule has 7 heteroatoms. The van der Waals surface area contributed by atoms with Gasteiger partial charge in [0, 0.05) is 12.6 Å². The third kappa shape index (κ3) is 3.21. The summed E-state index contributed by atoms with van der Waals surface area (Å²) in [5.41, 5.74) is -0.225. The summed E-state index contributed by atoms with van der Waals surface area (Å²) in [6, 6.07) is 4.87. The highest BCUT2D eigenvalue weighted by Gasteiger charge is 2.50. The van der Waals surface area contributed by atoms with Gasteiger partial charge in [0.25, 0.3) is 0 Å². The van der Waals surface area contributed by atoms with E-state index in [0.717, 1.165) is 30.2 Å². The molecular weight excluding hydrogens is 359 g/mol. The molecule has 4 rings (SSSR count). The zero-order valence-electron chi connectivity index (χ0n) is 15.1. The molecule has 2 fully saturated rings. The average molecular weight is 381 g/mol. The van der Waals surface area contributed by atoms with Crippen molar-refractivity contribution >= 4 is 17.3 Å². The van der Waals surface area contributed by atoms with Crippen LogP contribution in [0.2, 0.25) is 0 Å². The van der Waals surface area contributed by atoms with Crippen molar-refractivity contribution in [1.82, 2.24) is 9.97 Å². The van der Waals surface area contributed by atoms with Crippen LogP contribution >= 0.6 is 11.3 Å². The highest BCUT2D eigenvalue weighted by molar-refractivity contribution is 7.13. The SMILES string of the molecule is CC1(C)CC2CC(C)(CN2c2nc(-c3cccs3)cc(C(F)(F)F)n2)C1. The third-order valence-electron chi connectivity index (χ3n) is 5.45. The van der Waals surface area contributed by atoms with E-state index in [2.05, 4.69) is 30.7 Å². The number of hydrogen-bond acceptors (Lipinski definition) is 4. The fraction of sp³-hybridized carbons (Fsp3) is 0.579. The molecule has 2 unspecified atom stereocenters. The number of aromatic nitrogens is 2. The van der Waals surface area contributed by atoms with Crippen LogP contribution < -0.4 is 4.90 Å². The Balaban J connectivity index is 1.78. The zero-order chi connectivity index (χ0) is 18.7. The Morgan fingerprint density at radius 2 is 1.96 bits per heavy atom. The summed E-state index contributed by atoms with van der Waals surface area (Å²) < 4.78 is 40.3. The highest BCUT2D eigenvalue weighted by atomic mass is 32.1. The number of alkyl halides is 3. The molecular formula is C19H22F3N3S. The number of rotatable bonds is 2. The average Bonchev–Trinajstić information content (AvgIpc) is 3.11. The predicted octanol–water partition coefficient (Wildman–Crippen LogP) is 5.63. The summed E-state index contributed by atoms with van der Waals surface area (Å²) in [6.07, 6.45) is -1.47. The first-order chi connectivity index (χ1) is 12.0. The molecule has 0 aromatic carbocycles. The molecule has 2 aliphatic rings. The van der Waals surface area contributed by atoms with Crippen LogP contribution in [-0.4, -0.2) is 22.6 Å². The van der Waals surface area contributed by atoms with Crippen LogP contribution in [0.1, 0.15) is 45.7 Å². The van der Waals surface area contributed by atoms with E-state index >= 15 is 0 Å². The summed E-state index contributed by atoms with van der Waals surface area (Å²) in [6.45, 7) is 7.43. The van der Waals surface area contributed by atoms with Crippen LogP contribution in [0.3, 0.4) is 0 Å². The smallest absolute Gasteiger partial charge is 0.337 e. The Morgan fingerprint density at radius 3 is 2.62 bits per heavy atom. The summed E-state index contributed by atoms with van der Waals surface area (Å²) in [4.78, 5) is 11.2. The summed E-state index contributed by atoms with van der Waals surface area (Å²) >= 11 is 1.39. The van der Waals surface area contributed by atoms with Crippen LogP contribution in [0.5, 0.6) is 0 Å². The third-order valence-corrected chi connectivity index (χ3v) is 6.34. The number of anilines is 1. The molecule has 140 valence electrons. The second kappa shape index (κ2) is 5.68. The van der Waals surface area contributed by atoms with Crippen LogP contribution in [0.25, 0.3) is 10.6 Å². The number of thiophene rings is 1. The van der Waals surface area contributed by atoms with Gasteiger partial charge in [0.2, 0.25) is 5.95 Å². The van der Waals surface area contributed by atoms with Crippen LogP contribution in [0.15, 0.2) is 23.6 Å². The van der Waals surface area contributed by atoms with Crippen molar-refractivity contribution in [3.8, 4) is 10.6 Å². The molecule has 1 aliphatic carbocycles. The fourth-order valence-corrected chi connectivity index (χ4v) is 5.64. The van der Waals surface area contributed by atoms with E-state index in [1.54, 1.807) is 6.07 Å². The van der Waals surface area contributed by atoms with E-state index < -0.39 is 11.9 Å². The van der Waals surface area contributed by atoms with Crippen molar-refractivity contribution in [1.29, 1.82) is 0 Å². The normalized spacial score (nSPS) is 27.8. The van der Waals surface area contributed by atoms with Crippen molar-refractivity contribution in [3.05, 3.63) is 29.3 Å². The van der Waals surface area contributed by atoms with Gasteiger partial charge < -0.3 is 4.90 Å². The van der Waals surface area contributed by atoms with Gasteiger partial charge in [0.05, 0.1) is 10.6 Å². The molecule has 1 aliphatic heterocycles. The van der Waals surface area contributed by atoms with Crippen molar-refractivity contribution in [2.45, 2.75) is 52.3 Å². The Hall–Kier alpha value is -1.63. The molecule has 0 radical (unpaired) electrons. The van der Waals surface area contributed by atoms with Crippen molar-refractivity contribution in [2.24, 2.45) is 10.8 Å². The number of halogens is 3. The maximum atomic E-state index is 13.4. The van der Waals surface area contributed by atoms with E-state index in [1.807, 2.05) is 16.3 Å². The van der Waals surface area contributed by atoms with E-state index in [1.165, 1.54) is 11.3 Å². The molecule has 1 saturated carbocycles. The van der Waals surface area contributed by atoms with Gasteiger partial charge in [-0.15, -0.1) is 11.3 Å². The lowest BCUT2D eigenvalue weighted by molar-refractivity contribution is -0.141. The molecule has 2 bridgehead atoms. The van der Waals surface area contributed by atoms with Gasteiger partial charge in [-0.2, -0.15) is 13.2 Å². The lowest BCUT2D eigenvalue weighted by Gasteiger charge is -2.39. The van der Waals surface area contributed by atoms with E-state index in [9.17, 15) is 13.2 Å². The number of nitrogens with zero attached hydrogens (tertiary/aromatic N) is 3. The second-order valence-electron chi connectivity index (χ2n) is 8.76. The van der Waals surface area contributed by atoms with E-state index in [4.69, 9.17) is 0 Å². The molecule has 2 aromatic heterocycles. The minimum atomic E-state index is -4.48. The van der Waals surface area contributed by atoms with Gasteiger partial charge in [-0.05, 0) is 47.6 Å². The Labute approximate surface area is 155 Å². The molecule has 2 atom stereocenters. The van der Waals surface area contributed by atoms with Gasteiger partial charge in [0.1, 0.15) is 0 Å². The second-order valence-corrected chi connectivity index (χ2v) is 9.70. The van der Waals surface area contributed by atoms with Crippen molar-refractivity contribution < 1.29 is 13.2 Å². The maximum Gasteiger partial charge on any atom is 0.433 e. The molecule has 2 aromatic rings. The molecule has 3 heterocycles. The minimum Gasteiger partial charge on any atom is -0.337 e. The van der Waals surface area contributed by atoms with Crippen LogP contribution in [0.4, 0.5) is 19.1 Å². The van der Waals surface area contributed by atoms with Crippen LogP contribution in [-0.2, 0) is 6.18 Å². The largest absolute Gasteiger partial charge is 0.433 e. The Bertz CT molecular complexity index is 816. The number of hydrogen-bond donors (Lipinski definition) is 0.